The van der Waals surface area contributed by atoms with E-state index in [4.69, 9.17) is 9.84 Å². The molecule has 0 heterocycles. The van der Waals surface area contributed by atoms with Gasteiger partial charge in [-0.05, 0) is 68.6 Å². The lowest BCUT2D eigenvalue weighted by Crippen LogP contribution is -2.16. The van der Waals surface area contributed by atoms with Gasteiger partial charge in [-0.25, -0.2) is 0 Å². The molecule has 0 radical (unpaired) electrons. The van der Waals surface area contributed by atoms with Crippen molar-refractivity contribution >= 4 is 0 Å². The lowest BCUT2D eigenvalue weighted by Gasteiger charge is -2.25. The van der Waals surface area contributed by atoms with Gasteiger partial charge in [0, 0.05) is 6.61 Å². The van der Waals surface area contributed by atoms with Crippen LogP contribution in [0.1, 0.15) is 62.8 Å². The van der Waals surface area contributed by atoms with Crippen molar-refractivity contribution < 1.29 is 14.9 Å². The van der Waals surface area contributed by atoms with Crippen LogP contribution in [0, 0.1) is 0 Å². The van der Waals surface area contributed by atoms with Gasteiger partial charge in [0.1, 0.15) is 5.75 Å². The molecule has 3 heteroatoms. The Morgan fingerprint density at radius 2 is 1.57 bits per heavy atom. The Bertz CT molecular complexity index is 380. The van der Waals surface area contributed by atoms with Crippen LogP contribution in [0.2, 0.25) is 0 Å². The Labute approximate surface area is 128 Å². The molecule has 1 aromatic carbocycles. The minimum atomic E-state index is -0.0883. The highest BCUT2D eigenvalue weighted by Crippen LogP contribution is 2.33. The van der Waals surface area contributed by atoms with Gasteiger partial charge in [-0.15, -0.1) is 0 Å². The van der Waals surface area contributed by atoms with Crippen LogP contribution in [0.5, 0.6) is 5.75 Å². The number of ether oxygens (including phenoxy) is 1. The molecule has 0 atom stereocenters. The Kier molecular flexibility index (Phi) is 7.04. The molecule has 3 nitrogen and oxygen atoms in total. The van der Waals surface area contributed by atoms with Gasteiger partial charge in [-0.1, -0.05) is 18.6 Å². The highest BCUT2D eigenvalue weighted by atomic mass is 16.5. The molecule has 0 amide bonds. The van der Waals surface area contributed by atoms with Crippen molar-refractivity contribution in [2.45, 2.75) is 63.4 Å². The Balaban J connectivity index is 1.69. The molecule has 0 aromatic heterocycles. The average Bonchev–Trinajstić information content (AvgIpc) is 2.52. The van der Waals surface area contributed by atoms with Crippen LogP contribution >= 0.6 is 0 Å². The van der Waals surface area contributed by atoms with E-state index in [1.165, 1.54) is 5.56 Å². The molecular formula is C18H28O3. The molecule has 2 rings (SSSR count). The summed E-state index contributed by atoms with van der Waals surface area (Å²) in [6.45, 7) is 1.04. The molecule has 1 saturated carbocycles. The average molecular weight is 292 g/mol. The molecule has 1 aliphatic rings. The summed E-state index contributed by atoms with van der Waals surface area (Å²) in [4.78, 5) is 0. The van der Waals surface area contributed by atoms with Gasteiger partial charge in [0.2, 0.25) is 0 Å². The number of unbranched alkanes of at least 4 members (excludes halogenated alkanes) is 3. The maximum atomic E-state index is 9.56. The summed E-state index contributed by atoms with van der Waals surface area (Å²) in [5, 5.41) is 18.3. The SMILES string of the molecule is OCCCCCCOc1ccc(C2CCC(O)CC2)cc1. The third-order valence-electron chi connectivity index (χ3n) is 4.37. The molecule has 0 bridgehead atoms. The van der Waals surface area contributed by atoms with Crippen LogP contribution in [-0.4, -0.2) is 29.5 Å². The van der Waals surface area contributed by atoms with Crippen molar-refractivity contribution in [3.63, 3.8) is 0 Å². The molecule has 2 N–H and O–H groups in total. The summed E-state index contributed by atoms with van der Waals surface area (Å²) >= 11 is 0. The van der Waals surface area contributed by atoms with E-state index in [0.29, 0.717) is 12.5 Å². The second-order valence-electron chi connectivity index (χ2n) is 6.06. The highest BCUT2D eigenvalue weighted by molar-refractivity contribution is 5.29. The maximum Gasteiger partial charge on any atom is 0.119 e. The monoisotopic (exact) mass is 292 g/mol. The zero-order valence-corrected chi connectivity index (χ0v) is 12.8. The van der Waals surface area contributed by atoms with Crippen molar-refractivity contribution in [3.8, 4) is 5.75 Å². The molecule has 21 heavy (non-hydrogen) atoms. The molecule has 0 unspecified atom stereocenters. The summed E-state index contributed by atoms with van der Waals surface area (Å²) in [5.74, 6) is 1.54. The second-order valence-corrected chi connectivity index (χ2v) is 6.06. The standard InChI is InChI=1S/C18H28O3/c19-13-3-1-2-4-14-21-18-11-7-16(8-12-18)15-5-9-17(20)10-6-15/h7-8,11-12,15,17,19-20H,1-6,9-10,13-14H2. The number of rotatable bonds is 8. The van der Waals surface area contributed by atoms with Crippen LogP contribution < -0.4 is 4.74 Å². The van der Waals surface area contributed by atoms with Gasteiger partial charge in [0.05, 0.1) is 12.7 Å². The molecular weight excluding hydrogens is 264 g/mol. The van der Waals surface area contributed by atoms with Crippen molar-refractivity contribution in [3.05, 3.63) is 29.8 Å². The zero-order valence-electron chi connectivity index (χ0n) is 12.8. The summed E-state index contributed by atoms with van der Waals surface area (Å²) < 4.78 is 5.74. The van der Waals surface area contributed by atoms with Crippen molar-refractivity contribution in [2.75, 3.05) is 13.2 Å². The third kappa shape index (κ3) is 5.68. The van der Waals surface area contributed by atoms with Gasteiger partial charge in [0.25, 0.3) is 0 Å². The number of benzene rings is 1. The van der Waals surface area contributed by atoms with Crippen molar-refractivity contribution in [1.29, 1.82) is 0 Å². The Morgan fingerprint density at radius 3 is 2.24 bits per heavy atom. The predicted octanol–water partition coefficient (Wildman–Crippen LogP) is 3.64. The largest absolute Gasteiger partial charge is 0.494 e. The van der Waals surface area contributed by atoms with Crippen LogP contribution in [0.4, 0.5) is 0 Å². The minimum Gasteiger partial charge on any atom is -0.494 e. The molecule has 1 aromatic rings. The molecule has 1 aliphatic carbocycles. The number of hydrogen-bond donors (Lipinski definition) is 2. The first-order valence-corrected chi connectivity index (χ1v) is 8.31. The zero-order chi connectivity index (χ0) is 14.9. The van der Waals surface area contributed by atoms with Crippen molar-refractivity contribution in [2.24, 2.45) is 0 Å². The van der Waals surface area contributed by atoms with E-state index in [9.17, 15) is 5.11 Å². The first-order chi connectivity index (χ1) is 10.3. The lowest BCUT2D eigenvalue weighted by molar-refractivity contribution is 0.122. The van der Waals surface area contributed by atoms with E-state index < -0.39 is 0 Å². The topological polar surface area (TPSA) is 49.7 Å². The van der Waals surface area contributed by atoms with E-state index in [1.807, 2.05) is 0 Å². The van der Waals surface area contributed by atoms with Gasteiger partial charge in [0.15, 0.2) is 0 Å². The smallest absolute Gasteiger partial charge is 0.119 e. The van der Waals surface area contributed by atoms with Crippen molar-refractivity contribution in [1.82, 2.24) is 0 Å². The molecule has 0 spiro atoms. The summed E-state index contributed by atoms with van der Waals surface area (Å²) in [5.41, 5.74) is 1.37. The molecule has 0 aliphatic heterocycles. The third-order valence-corrected chi connectivity index (χ3v) is 4.37. The summed E-state index contributed by atoms with van der Waals surface area (Å²) in [7, 11) is 0. The fraction of sp³-hybridized carbons (Fsp3) is 0.667. The molecule has 1 fully saturated rings. The number of hydrogen-bond acceptors (Lipinski definition) is 3. The maximum absolute atomic E-state index is 9.56. The normalized spacial score (nSPS) is 22.2. The van der Waals surface area contributed by atoms with Gasteiger partial charge >= 0.3 is 0 Å². The van der Waals surface area contributed by atoms with E-state index in [0.717, 1.165) is 63.7 Å². The lowest BCUT2D eigenvalue weighted by atomic mass is 9.83. The molecule has 0 saturated heterocycles. The number of aliphatic hydroxyl groups excluding tert-OH is 2. The van der Waals surface area contributed by atoms with E-state index in [2.05, 4.69) is 24.3 Å². The Hall–Kier alpha value is -1.06. The first kappa shape index (κ1) is 16.3. The van der Waals surface area contributed by atoms with Crippen LogP contribution in [0.3, 0.4) is 0 Å². The van der Waals surface area contributed by atoms with E-state index >= 15 is 0 Å². The molecule has 118 valence electrons. The highest BCUT2D eigenvalue weighted by Gasteiger charge is 2.20. The van der Waals surface area contributed by atoms with E-state index in [-0.39, 0.29) is 6.10 Å². The van der Waals surface area contributed by atoms with Crippen LogP contribution in [-0.2, 0) is 0 Å². The van der Waals surface area contributed by atoms with Gasteiger partial charge in [-0.2, -0.15) is 0 Å². The van der Waals surface area contributed by atoms with Gasteiger partial charge in [-0.3, -0.25) is 0 Å². The van der Waals surface area contributed by atoms with Crippen LogP contribution in [0.25, 0.3) is 0 Å². The Morgan fingerprint density at radius 1 is 0.905 bits per heavy atom. The fourth-order valence-electron chi connectivity index (χ4n) is 3.00. The first-order valence-electron chi connectivity index (χ1n) is 8.31. The second kappa shape index (κ2) is 9.06. The fourth-order valence-corrected chi connectivity index (χ4v) is 3.00. The minimum absolute atomic E-state index is 0.0883. The number of aliphatic hydroxyl groups is 2. The van der Waals surface area contributed by atoms with Crippen LogP contribution in [0.15, 0.2) is 24.3 Å². The quantitative estimate of drug-likeness (QED) is 0.719. The summed E-state index contributed by atoms with van der Waals surface area (Å²) in [6, 6.07) is 8.47. The summed E-state index contributed by atoms with van der Waals surface area (Å²) in [6.07, 6.45) is 8.07. The van der Waals surface area contributed by atoms with Gasteiger partial charge < -0.3 is 14.9 Å². The predicted molar refractivity (Wildman–Crippen MR) is 84.7 cm³/mol. The van der Waals surface area contributed by atoms with E-state index in [1.54, 1.807) is 0 Å².